The molecule has 0 aliphatic carbocycles. The number of hydrogen-bond acceptors (Lipinski definition) is 2. The number of nitrogens with zero attached hydrogens (tertiary/aromatic N) is 2. The van der Waals surface area contributed by atoms with E-state index in [0.717, 1.165) is 11.3 Å². The van der Waals surface area contributed by atoms with Crippen molar-refractivity contribution in [1.29, 1.82) is 0 Å². The molecule has 2 amide bonds. The second-order valence-corrected chi connectivity index (χ2v) is 5.23. The summed E-state index contributed by atoms with van der Waals surface area (Å²) in [6, 6.07) is 7.66. The van der Waals surface area contributed by atoms with Crippen molar-refractivity contribution < 1.29 is 14.7 Å². The van der Waals surface area contributed by atoms with Gasteiger partial charge in [0.05, 0.1) is 5.92 Å². The van der Waals surface area contributed by atoms with E-state index in [2.05, 4.69) is 0 Å². The normalized spacial score (nSPS) is 16.0. The molecular weight excluding hydrogens is 256 g/mol. The molecule has 2 rings (SSSR count). The van der Waals surface area contributed by atoms with Crippen LogP contribution >= 0.6 is 0 Å². The van der Waals surface area contributed by atoms with Crippen LogP contribution in [0.2, 0.25) is 0 Å². The van der Waals surface area contributed by atoms with Gasteiger partial charge in [0.1, 0.15) is 0 Å². The molecule has 0 radical (unpaired) electrons. The Morgan fingerprint density at radius 3 is 2.40 bits per heavy atom. The molecule has 1 aliphatic heterocycles. The maximum atomic E-state index is 12.4. The van der Waals surface area contributed by atoms with Crippen molar-refractivity contribution in [2.45, 2.75) is 19.8 Å². The molecule has 1 aromatic carbocycles. The number of carboxylic acids is 1. The van der Waals surface area contributed by atoms with Crippen molar-refractivity contribution in [3.05, 3.63) is 29.8 Å². The van der Waals surface area contributed by atoms with Crippen molar-refractivity contribution in [2.75, 3.05) is 25.0 Å². The number of para-hydroxylation sites is 1. The highest BCUT2D eigenvalue weighted by Crippen LogP contribution is 2.22. The van der Waals surface area contributed by atoms with Crippen LogP contribution in [0.15, 0.2) is 24.3 Å². The van der Waals surface area contributed by atoms with Crippen LogP contribution in [-0.2, 0) is 4.79 Å². The number of amides is 2. The fourth-order valence-electron chi connectivity index (χ4n) is 2.57. The van der Waals surface area contributed by atoms with Gasteiger partial charge < -0.3 is 10.0 Å². The summed E-state index contributed by atoms with van der Waals surface area (Å²) < 4.78 is 0. The lowest BCUT2D eigenvalue weighted by Crippen LogP contribution is -2.46. The lowest BCUT2D eigenvalue weighted by atomic mass is 9.97. The maximum absolute atomic E-state index is 12.4. The van der Waals surface area contributed by atoms with Gasteiger partial charge in [-0.15, -0.1) is 0 Å². The molecule has 1 aliphatic rings. The number of piperidine rings is 1. The van der Waals surface area contributed by atoms with Gasteiger partial charge in [0.25, 0.3) is 0 Å². The van der Waals surface area contributed by atoms with Crippen molar-refractivity contribution in [2.24, 2.45) is 5.92 Å². The Morgan fingerprint density at radius 2 is 1.85 bits per heavy atom. The SMILES string of the molecule is Cc1ccccc1N(C)C(=O)N1CCC(C(=O)O)CC1. The van der Waals surface area contributed by atoms with Crippen molar-refractivity contribution in [3.63, 3.8) is 0 Å². The average Bonchev–Trinajstić information content (AvgIpc) is 2.46. The van der Waals surface area contributed by atoms with Gasteiger partial charge in [0, 0.05) is 25.8 Å². The quantitative estimate of drug-likeness (QED) is 0.902. The largest absolute Gasteiger partial charge is 0.481 e. The van der Waals surface area contributed by atoms with Crippen LogP contribution in [0, 0.1) is 12.8 Å². The summed E-state index contributed by atoms with van der Waals surface area (Å²) in [7, 11) is 1.76. The predicted octanol–water partition coefficient (Wildman–Crippen LogP) is 2.35. The average molecular weight is 276 g/mol. The first-order valence-corrected chi connectivity index (χ1v) is 6.81. The number of urea groups is 1. The molecule has 1 fully saturated rings. The number of carbonyl (C=O) groups is 2. The Balaban J connectivity index is 2.02. The minimum absolute atomic E-state index is 0.0665. The van der Waals surface area contributed by atoms with Crippen LogP contribution in [0.4, 0.5) is 10.5 Å². The molecule has 0 bridgehead atoms. The van der Waals surface area contributed by atoms with Gasteiger partial charge in [-0.1, -0.05) is 18.2 Å². The van der Waals surface area contributed by atoms with Crippen LogP contribution in [0.25, 0.3) is 0 Å². The molecule has 20 heavy (non-hydrogen) atoms. The lowest BCUT2D eigenvalue weighted by molar-refractivity contribution is -0.143. The Bertz CT molecular complexity index is 508. The Hall–Kier alpha value is -2.04. The number of aryl methyl sites for hydroxylation is 1. The predicted molar refractivity (Wildman–Crippen MR) is 76.9 cm³/mol. The summed E-state index contributed by atoms with van der Waals surface area (Å²) in [6.07, 6.45) is 1.06. The van der Waals surface area contributed by atoms with Gasteiger partial charge in [0.2, 0.25) is 0 Å². The van der Waals surface area contributed by atoms with E-state index in [-0.39, 0.29) is 11.9 Å². The number of benzene rings is 1. The van der Waals surface area contributed by atoms with Gasteiger partial charge in [-0.3, -0.25) is 9.69 Å². The monoisotopic (exact) mass is 276 g/mol. The molecule has 5 heteroatoms. The summed E-state index contributed by atoms with van der Waals surface area (Å²) in [4.78, 5) is 26.7. The van der Waals surface area contributed by atoms with E-state index in [9.17, 15) is 9.59 Å². The molecule has 0 saturated carbocycles. The second-order valence-electron chi connectivity index (χ2n) is 5.23. The number of likely N-dealkylation sites (tertiary alicyclic amines) is 1. The third kappa shape index (κ3) is 2.92. The van der Waals surface area contributed by atoms with Gasteiger partial charge >= 0.3 is 12.0 Å². The van der Waals surface area contributed by atoms with Gasteiger partial charge in [0.15, 0.2) is 0 Å². The summed E-state index contributed by atoms with van der Waals surface area (Å²) in [5.74, 6) is -1.08. The highest BCUT2D eigenvalue weighted by molar-refractivity contribution is 5.92. The van der Waals surface area contributed by atoms with Gasteiger partial charge in [-0.2, -0.15) is 0 Å². The first-order chi connectivity index (χ1) is 9.50. The van der Waals surface area contributed by atoms with E-state index >= 15 is 0 Å². The molecule has 1 aromatic rings. The van der Waals surface area contributed by atoms with Crippen molar-refractivity contribution in [3.8, 4) is 0 Å². The molecule has 1 saturated heterocycles. The molecule has 0 aromatic heterocycles. The van der Waals surface area contributed by atoms with Crippen LogP contribution in [0.1, 0.15) is 18.4 Å². The number of rotatable bonds is 2. The first kappa shape index (κ1) is 14.4. The van der Waals surface area contributed by atoms with Crippen LogP contribution in [0.5, 0.6) is 0 Å². The van der Waals surface area contributed by atoms with Crippen LogP contribution in [-0.4, -0.2) is 42.1 Å². The molecular formula is C15H20N2O3. The maximum Gasteiger partial charge on any atom is 0.324 e. The molecule has 0 atom stereocenters. The van der Waals surface area contributed by atoms with E-state index in [4.69, 9.17) is 5.11 Å². The number of aliphatic carboxylic acids is 1. The first-order valence-electron chi connectivity index (χ1n) is 6.81. The third-order valence-electron chi connectivity index (χ3n) is 3.88. The fraction of sp³-hybridized carbons (Fsp3) is 0.467. The van der Waals surface area contributed by atoms with E-state index in [1.165, 1.54) is 0 Å². The van der Waals surface area contributed by atoms with E-state index in [1.807, 2.05) is 31.2 Å². The minimum Gasteiger partial charge on any atom is -0.481 e. The number of carboxylic acid groups (broad SMARTS) is 1. The zero-order valence-corrected chi connectivity index (χ0v) is 11.9. The standard InChI is InChI=1S/C15H20N2O3/c1-11-5-3-4-6-13(11)16(2)15(20)17-9-7-12(8-10-17)14(18)19/h3-6,12H,7-10H2,1-2H3,(H,18,19). The topological polar surface area (TPSA) is 60.9 Å². The summed E-state index contributed by atoms with van der Waals surface area (Å²) in [5, 5.41) is 8.97. The summed E-state index contributed by atoms with van der Waals surface area (Å²) in [5.41, 5.74) is 1.93. The third-order valence-corrected chi connectivity index (χ3v) is 3.88. The Morgan fingerprint density at radius 1 is 1.25 bits per heavy atom. The molecule has 0 spiro atoms. The van der Waals surface area contributed by atoms with Crippen molar-refractivity contribution in [1.82, 2.24) is 4.90 Å². The Labute approximate surface area is 118 Å². The Kier molecular flexibility index (Phi) is 4.27. The number of carbonyl (C=O) groups excluding carboxylic acids is 1. The molecule has 1 heterocycles. The lowest BCUT2D eigenvalue weighted by Gasteiger charge is -2.33. The smallest absolute Gasteiger partial charge is 0.324 e. The van der Waals surface area contributed by atoms with Crippen molar-refractivity contribution >= 4 is 17.7 Å². The molecule has 0 unspecified atom stereocenters. The van der Waals surface area contributed by atoms with E-state index in [1.54, 1.807) is 16.8 Å². The molecule has 1 N–H and O–H groups in total. The minimum atomic E-state index is -0.760. The summed E-state index contributed by atoms with van der Waals surface area (Å²) in [6.45, 7) is 2.98. The van der Waals surface area contributed by atoms with E-state index in [0.29, 0.717) is 25.9 Å². The number of hydrogen-bond donors (Lipinski definition) is 1. The summed E-state index contributed by atoms with van der Waals surface area (Å²) >= 11 is 0. The van der Waals surface area contributed by atoms with E-state index < -0.39 is 5.97 Å². The highest BCUT2D eigenvalue weighted by atomic mass is 16.4. The molecule has 108 valence electrons. The highest BCUT2D eigenvalue weighted by Gasteiger charge is 2.28. The zero-order chi connectivity index (χ0) is 14.7. The fourth-order valence-corrected chi connectivity index (χ4v) is 2.57. The van der Waals surface area contributed by atoms with Gasteiger partial charge in [-0.05, 0) is 31.4 Å². The number of anilines is 1. The van der Waals surface area contributed by atoms with Crippen LogP contribution in [0.3, 0.4) is 0 Å². The second kappa shape index (κ2) is 5.94. The van der Waals surface area contributed by atoms with Gasteiger partial charge in [-0.25, -0.2) is 4.79 Å². The zero-order valence-electron chi connectivity index (χ0n) is 11.9. The molecule has 5 nitrogen and oxygen atoms in total. The van der Waals surface area contributed by atoms with Crippen LogP contribution < -0.4 is 4.90 Å².